The van der Waals surface area contributed by atoms with Gasteiger partial charge in [-0.25, -0.2) is 4.98 Å². The van der Waals surface area contributed by atoms with Crippen LogP contribution in [0.15, 0.2) is 23.3 Å². The average Bonchev–Trinajstić information content (AvgIpc) is 2.35. The molecule has 1 aliphatic rings. The van der Waals surface area contributed by atoms with Crippen molar-refractivity contribution in [1.29, 1.82) is 0 Å². The zero-order chi connectivity index (χ0) is 15.6. The summed E-state index contributed by atoms with van der Waals surface area (Å²) in [5.41, 5.74) is 6.14. The minimum absolute atomic E-state index is 0.188. The first-order chi connectivity index (χ1) is 9.79. The number of nitrogens with one attached hydrogen (secondary N) is 2. The second kappa shape index (κ2) is 6.13. The number of aromatic amines is 1. The van der Waals surface area contributed by atoms with Crippen LogP contribution >= 0.6 is 11.6 Å². The van der Waals surface area contributed by atoms with Gasteiger partial charge in [-0.05, 0) is 50.8 Å². The monoisotopic (exact) mass is 308 g/mol. The Labute approximate surface area is 128 Å². The lowest BCUT2D eigenvalue weighted by Crippen LogP contribution is -2.39. The van der Waals surface area contributed by atoms with Gasteiger partial charge in [-0.3, -0.25) is 4.79 Å². The van der Waals surface area contributed by atoms with Crippen molar-refractivity contribution in [1.82, 2.24) is 15.3 Å². The Hall–Kier alpha value is -1.43. The normalized spacial score (nSPS) is 17.9. The minimum Gasteiger partial charge on any atom is -0.328 e. The van der Waals surface area contributed by atoms with Gasteiger partial charge in [-0.2, -0.15) is 0 Å². The molecule has 4 N–H and O–H groups in total. The summed E-state index contributed by atoms with van der Waals surface area (Å²) < 4.78 is 0. The Bertz CT molecular complexity index is 686. The number of pyridine rings is 2. The molecule has 21 heavy (non-hydrogen) atoms. The Morgan fingerprint density at radius 1 is 1.43 bits per heavy atom. The zero-order valence-electron chi connectivity index (χ0n) is 12.5. The van der Waals surface area contributed by atoms with Gasteiger partial charge >= 0.3 is 0 Å². The van der Waals surface area contributed by atoms with Gasteiger partial charge in [0.1, 0.15) is 5.15 Å². The number of fused-ring (bicyclic) bond motifs is 1. The first-order valence-electron chi connectivity index (χ1n) is 6.98. The van der Waals surface area contributed by atoms with Gasteiger partial charge in [0.05, 0.1) is 5.39 Å². The Morgan fingerprint density at radius 3 is 2.52 bits per heavy atom. The van der Waals surface area contributed by atoms with Crippen LogP contribution < -0.4 is 16.6 Å². The fourth-order valence-electron chi connectivity index (χ4n) is 2.09. The molecule has 0 amide bonds. The average molecular weight is 309 g/mol. The molecule has 114 valence electrons. The molecule has 1 saturated heterocycles. The number of halogens is 1. The van der Waals surface area contributed by atoms with Crippen LogP contribution in [0.4, 0.5) is 0 Å². The first-order valence-corrected chi connectivity index (χ1v) is 7.36. The molecule has 3 heterocycles. The highest BCUT2D eigenvalue weighted by Gasteiger charge is 2.18. The van der Waals surface area contributed by atoms with Gasteiger partial charge in [0, 0.05) is 24.0 Å². The second-order valence-corrected chi connectivity index (χ2v) is 6.34. The fourth-order valence-corrected chi connectivity index (χ4v) is 2.25. The van der Waals surface area contributed by atoms with E-state index in [0.717, 1.165) is 17.0 Å². The second-order valence-electron chi connectivity index (χ2n) is 5.95. The maximum absolute atomic E-state index is 11.6. The first kappa shape index (κ1) is 15.9. The van der Waals surface area contributed by atoms with Gasteiger partial charge in [-0.15, -0.1) is 0 Å². The lowest BCUT2D eigenvalue weighted by Gasteiger charge is -2.22. The molecule has 2 aromatic rings. The predicted molar refractivity (Wildman–Crippen MR) is 86.7 cm³/mol. The van der Waals surface area contributed by atoms with E-state index in [1.54, 1.807) is 12.3 Å². The summed E-state index contributed by atoms with van der Waals surface area (Å²) in [5, 5.41) is 4.81. The Morgan fingerprint density at radius 2 is 2.05 bits per heavy atom. The van der Waals surface area contributed by atoms with Gasteiger partial charge < -0.3 is 16.0 Å². The number of hydrogen-bond donors (Lipinski definition) is 3. The molecule has 5 nitrogen and oxygen atoms in total. The lowest BCUT2D eigenvalue weighted by atomic mass is 9.93. The van der Waals surface area contributed by atoms with Crippen molar-refractivity contribution in [2.24, 2.45) is 5.73 Å². The van der Waals surface area contributed by atoms with Crippen molar-refractivity contribution in [3.05, 3.63) is 39.5 Å². The highest BCUT2D eigenvalue weighted by Crippen LogP contribution is 2.25. The number of nitrogens with zero attached hydrogens (tertiary/aromatic N) is 1. The van der Waals surface area contributed by atoms with Crippen LogP contribution in [0.25, 0.3) is 10.8 Å². The van der Waals surface area contributed by atoms with E-state index in [9.17, 15) is 4.79 Å². The van der Waals surface area contributed by atoms with Crippen LogP contribution in [0.5, 0.6) is 0 Å². The van der Waals surface area contributed by atoms with Gasteiger partial charge in [-0.1, -0.05) is 11.6 Å². The summed E-state index contributed by atoms with van der Waals surface area (Å²) in [7, 11) is 0. The summed E-state index contributed by atoms with van der Waals surface area (Å²) >= 11 is 5.83. The molecule has 1 unspecified atom stereocenters. The zero-order valence-corrected chi connectivity index (χ0v) is 13.3. The molecule has 2 aromatic heterocycles. The van der Waals surface area contributed by atoms with Crippen LogP contribution in [0.3, 0.4) is 0 Å². The van der Waals surface area contributed by atoms with E-state index in [2.05, 4.69) is 22.2 Å². The molecule has 1 fully saturated rings. The summed E-state index contributed by atoms with van der Waals surface area (Å²) in [6, 6.07) is 2.48. The molecule has 0 bridgehead atoms. The standard InChI is InChI=1S/C11H12ClN3O.C4H9N/c1-11(2,13)8-5-15-10(16)7-4-14-9(12)3-6(7)8;1-4-2-3-5-4/h3-5H,13H2,1-2H3,(H,15,16);4-5H,2-3H2,1H3. The van der Waals surface area contributed by atoms with Crippen LogP contribution in [0, 0.1) is 0 Å². The SMILES string of the molecule is CC(C)(N)c1c[nH]c(=O)c2cnc(Cl)cc12.CC1CCN1. The van der Waals surface area contributed by atoms with E-state index >= 15 is 0 Å². The number of rotatable bonds is 1. The van der Waals surface area contributed by atoms with E-state index in [-0.39, 0.29) is 5.56 Å². The third kappa shape index (κ3) is 3.81. The van der Waals surface area contributed by atoms with Crippen LogP contribution in [0.1, 0.15) is 32.8 Å². The predicted octanol–water partition coefficient (Wildman–Crippen LogP) is 2.14. The van der Waals surface area contributed by atoms with E-state index < -0.39 is 5.54 Å². The summed E-state index contributed by atoms with van der Waals surface area (Å²) in [6.45, 7) is 7.17. The maximum Gasteiger partial charge on any atom is 0.257 e. The van der Waals surface area contributed by atoms with E-state index in [1.807, 2.05) is 13.8 Å². The number of aromatic nitrogens is 2. The summed E-state index contributed by atoms with van der Waals surface area (Å²) in [6.07, 6.45) is 4.47. The molecule has 0 aromatic carbocycles. The maximum atomic E-state index is 11.6. The molecule has 1 aliphatic heterocycles. The summed E-state index contributed by atoms with van der Waals surface area (Å²) in [4.78, 5) is 18.1. The van der Waals surface area contributed by atoms with E-state index in [4.69, 9.17) is 17.3 Å². The molecule has 1 atom stereocenters. The number of H-pyrrole nitrogens is 1. The molecule has 3 rings (SSSR count). The van der Waals surface area contributed by atoms with Gasteiger partial charge in [0.2, 0.25) is 0 Å². The Balaban J connectivity index is 0.000000272. The van der Waals surface area contributed by atoms with Crippen molar-refractivity contribution in [3.8, 4) is 0 Å². The van der Waals surface area contributed by atoms with E-state index in [1.165, 1.54) is 19.2 Å². The molecule has 0 aliphatic carbocycles. The van der Waals surface area contributed by atoms with Crippen LogP contribution in [0.2, 0.25) is 5.15 Å². The minimum atomic E-state index is -0.548. The van der Waals surface area contributed by atoms with Crippen LogP contribution in [-0.4, -0.2) is 22.6 Å². The quantitative estimate of drug-likeness (QED) is 0.705. The number of hydrogen-bond acceptors (Lipinski definition) is 4. The largest absolute Gasteiger partial charge is 0.328 e. The molecule has 0 radical (unpaired) electrons. The smallest absolute Gasteiger partial charge is 0.257 e. The van der Waals surface area contributed by atoms with Crippen molar-refractivity contribution in [2.45, 2.75) is 38.8 Å². The third-order valence-corrected chi connectivity index (χ3v) is 3.72. The fraction of sp³-hybridized carbons (Fsp3) is 0.467. The van der Waals surface area contributed by atoms with Crippen molar-refractivity contribution in [3.63, 3.8) is 0 Å². The molecule has 6 heteroatoms. The lowest BCUT2D eigenvalue weighted by molar-refractivity contribution is 0.399. The summed E-state index contributed by atoms with van der Waals surface area (Å²) in [5.74, 6) is 0. The Kier molecular flexibility index (Phi) is 4.66. The third-order valence-electron chi connectivity index (χ3n) is 3.52. The highest BCUT2D eigenvalue weighted by molar-refractivity contribution is 6.30. The van der Waals surface area contributed by atoms with Gasteiger partial charge in [0.15, 0.2) is 0 Å². The molecular weight excluding hydrogens is 288 g/mol. The molecular formula is C15H21ClN4O. The van der Waals surface area contributed by atoms with Crippen molar-refractivity contribution < 1.29 is 0 Å². The number of nitrogens with two attached hydrogens (primary N) is 1. The van der Waals surface area contributed by atoms with Gasteiger partial charge in [0.25, 0.3) is 5.56 Å². The van der Waals surface area contributed by atoms with E-state index in [0.29, 0.717) is 10.5 Å². The topological polar surface area (TPSA) is 83.8 Å². The highest BCUT2D eigenvalue weighted by atomic mass is 35.5. The van der Waals surface area contributed by atoms with Crippen LogP contribution in [-0.2, 0) is 5.54 Å². The molecule has 0 spiro atoms. The van der Waals surface area contributed by atoms with Crippen molar-refractivity contribution >= 4 is 22.4 Å². The van der Waals surface area contributed by atoms with Crippen molar-refractivity contribution in [2.75, 3.05) is 6.54 Å². The molecule has 0 saturated carbocycles.